The predicted octanol–water partition coefficient (Wildman–Crippen LogP) is 4.94. The van der Waals surface area contributed by atoms with Crippen LogP contribution in [0.15, 0.2) is 48.5 Å². The van der Waals surface area contributed by atoms with Crippen LogP contribution >= 0.6 is 0 Å². The third-order valence-electron chi connectivity index (χ3n) is 3.92. The summed E-state index contributed by atoms with van der Waals surface area (Å²) in [5.74, 6) is 0.520. The standard InChI is InChI=1S/C20H25NO/c1-14(2)13-17-9-11-18(12-10-17)16(4)20(22)21-19-8-6-5-7-15(19)3/h5-12,14,16H,13H2,1-4H3,(H,21,22). The van der Waals surface area contributed by atoms with E-state index in [9.17, 15) is 4.79 Å². The van der Waals surface area contributed by atoms with Crippen LogP contribution in [0.1, 0.15) is 43.4 Å². The lowest BCUT2D eigenvalue weighted by molar-refractivity contribution is -0.117. The fourth-order valence-electron chi connectivity index (χ4n) is 2.52. The molecular formula is C20H25NO. The molecule has 0 radical (unpaired) electrons. The lowest BCUT2D eigenvalue weighted by Gasteiger charge is -2.15. The SMILES string of the molecule is Cc1ccccc1NC(=O)C(C)c1ccc(CC(C)C)cc1. The number of hydrogen-bond donors (Lipinski definition) is 1. The van der Waals surface area contributed by atoms with Crippen molar-refractivity contribution in [3.05, 3.63) is 65.2 Å². The second kappa shape index (κ2) is 7.26. The summed E-state index contributed by atoms with van der Waals surface area (Å²) in [4.78, 5) is 12.4. The molecule has 2 aromatic carbocycles. The highest BCUT2D eigenvalue weighted by atomic mass is 16.1. The molecule has 0 saturated heterocycles. The van der Waals surface area contributed by atoms with Crippen molar-refractivity contribution >= 4 is 11.6 Å². The fourth-order valence-corrected chi connectivity index (χ4v) is 2.52. The van der Waals surface area contributed by atoms with Gasteiger partial charge in [-0.1, -0.05) is 56.3 Å². The van der Waals surface area contributed by atoms with Crippen LogP contribution in [0.5, 0.6) is 0 Å². The highest BCUT2D eigenvalue weighted by molar-refractivity contribution is 5.96. The summed E-state index contributed by atoms with van der Waals surface area (Å²) in [5, 5.41) is 3.02. The van der Waals surface area contributed by atoms with E-state index in [0.717, 1.165) is 23.2 Å². The molecule has 0 aliphatic rings. The number of rotatable bonds is 5. The Labute approximate surface area is 133 Å². The molecule has 0 bridgehead atoms. The number of amides is 1. The maximum absolute atomic E-state index is 12.4. The van der Waals surface area contributed by atoms with Crippen molar-refractivity contribution in [2.45, 2.75) is 40.0 Å². The zero-order valence-corrected chi connectivity index (χ0v) is 13.9. The van der Waals surface area contributed by atoms with Crippen molar-refractivity contribution in [2.75, 3.05) is 5.32 Å². The number of para-hydroxylation sites is 1. The van der Waals surface area contributed by atoms with Gasteiger partial charge in [-0.05, 0) is 48.9 Å². The van der Waals surface area contributed by atoms with Gasteiger partial charge < -0.3 is 5.32 Å². The van der Waals surface area contributed by atoms with Gasteiger partial charge in [0.1, 0.15) is 0 Å². The van der Waals surface area contributed by atoms with Crippen LogP contribution in [-0.4, -0.2) is 5.91 Å². The Bertz CT molecular complexity index is 628. The Morgan fingerprint density at radius 2 is 1.64 bits per heavy atom. The van der Waals surface area contributed by atoms with Crippen LogP contribution in [0.4, 0.5) is 5.69 Å². The molecule has 22 heavy (non-hydrogen) atoms. The van der Waals surface area contributed by atoms with Crippen molar-refractivity contribution in [3.63, 3.8) is 0 Å². The minimum Gasteiger partial charge on any atom is -0.325 e. The number of nitrogens with one attached hydrogen (secondary N) is 1. The maximum Gasteiger partial charge on any atom is 0.231 e. The van der Waals surface area contributed by atoms with Gasteiger partial charge in [-0.2, -0.15) is 0 Å². The molecule has 2 nitrogen and oxygen atoms in total. The van der Waals surface area contributed by atoms with E-state index >= 15 is 0 Å². The molecule has 2 aromatic rings. The first-order chi connectivity index (χ1) is 10.5. The molecule has 1 N–H and O–H groups in total. The monoisotopic (exact) mass is 295 g/mol. The average molecular weight is 295 g/mol. The van der Waals surface area contributed by atoms with E-state index < -0.39 is 0 Å². The Hall–Kier alpha value is -2.09. The first-order valence-electron chi connectivity index (χ1n) is 7.92. The molecule has 0 aliphatic heterocycles. The van der Waals surface area contributed by atoms with Gasteiger partial charge in [0.2, 0.25) is 5.91 Å². The van der Waals surface area contributed by atoms with Gasteiger partial charge in [-0.25, -0.2) is 0 Å². The molecular weight excluding hydrogens is 270 g/mol. The van der Waals surface area contributed by atoms with E-state index in [4.69, 9.17) is 0 Å². The quantitative estimate of drug-likeness (QED) is 0.832. The normalized spacial score (nSPS) is 12.2. The van der Waals surface area contributed by atoms with Crippen LogP contribution in [0, 0.1) is 12.8 Å². The first-order valence-corrected chi connectivity index (χ1v) is 7.92. The van der Waals surface area contributed by atoms with E-state index in [1.807, 2.05) is 38.1 Å². The highest BCUT2D eigenvalue weighted by Gasteiger charge is 2.16. The van der Waals surface area contributed by atoms with Crippen molar-refractivity contribution in [1.29, 1.82) is 0 Å². The van der Waals surface area contributed by atoms with Gasteiger partial charge in [-0.3, -0.25) is 4.79 Å². The minimum absolute atomic E-state index is 0.0332. The predicted molar refractivity (Wildman–Crippen MR) is 93.2 cm³/mol. The molecule has 2 heteroatoms. The maximum atomic E-state index is 12.4. The van der Waals surface area contributed by atoms with Gasteiger partial charge >= 0.3 is 0 Å². The summed E-state index contributed by atoms with van der Waals surface area (Å²) >= 11 is 0. The molecule has 0 heterocycles. The Morgan fingerprint density at radius 3 is 2.23 bits per heavy atom. The minimum atomic E-state index is -0.160. The lowest BCUT2D eigenvalue weighted by Crippen LogP contribution is -2.19. The van der Waals surface area contributed by atoms with Gasteiger partial charge in [0.05, 0.1) is 5.92 Å². The number of carbonyl (C=O) groups is 1. The smallest absolute Gasteiger partial charge is 0.231 e. The van der Waals surface area contributed by atoms with Crippen LogP contribution in [0.2, 0.25) is 0 Å². The summed E-state index contributed by atoms with van der Waals surface area (Å²) in [6.07, 6.45) is 1.07. The molecule has 0 aliphatic carbocycles. The van der Waals surface area contributed by atoms with E-state index in [1.54, 1.807) is 0 Å². The van der Waals surface area contributed by atoms with E-state index in [-0.39, 0.29) is 11.8 Å². The number of aryl methyl sites for hydroxylation is 1. The van der Waals surface area contributed by atoms with E-state index in [1.165, 1.54) is 5.56 Å². The molecule has 2 rings (SSSR count). The molecule has 0 spiro atoms. The van der Waals surface area contributed by atoms with E-state index in [0.29, 0.717) is 5.92 Å². The number of benzene rings is 2. The molecule has 0 fully saturated rings. The molecule has 0 saturated carbocycles. The first kappa shape index (κ1) is 16.3. The van der Waals surface area contributed by atoms with Crippen LogP contribution in [0.3, 0.4) is 0 Å². The number of carbonyl (C=O) groups excluding carboxylic acids is 1. The van der Waals surface area contributed by atoms with Gasteiger partial charge in [0.25, 0.3) is 0 Å². The van der Waals surface area contributed by atoms with E-state index in [2.05, 4.69) is 43.4 Å². The summed E-state index contributed by atoms with van der Waals surface area (Å²) in [6, 6.07) is 16.3. The lowest BCUT2D eigenvalue weighted by atomic mass is 9.96. The third-order valence-corrected chi connectivity index (χ3v) is 3.92. The van der Waals surface area contributed by atoms with Gasteiger partial charge in [0.15, 0.2) is 0 Å². The molecule has 0 aromatic heterocycles. The fraction of sp³-hybridized carbons (Fsp3) is 0.350. The van der Waals surface area contributed by atoms with Gasteiger partial charge in [-0.15, -0.1) is 0 Å². The zero-order valence-electron chi connectivity index (χ0n) is 13.9. The van der Waals surface area contributed by atoms with Crippen molar-refractivity contribution in [3.8, 4) is 0 Å². The van der Waals surface area contributed by atoms with Crippen LogP contribution < -0.4 is 5.32 Å². The molecule has 1 unspecified atom stereocenters. The Kier molecular flexibility index (Phi) is 5.37. The van der Waals surface area contributed by atoms with Gasteiger partial charge in [0, 0.05) is 5.69 Å². The van der Waals surface area contributed by atoms with Crippen molar-refractivity contribution in [1.82, 2.24) is 0 Å². The molecule has 1 atom stereocenters. The summed E-state index contributed by atoms with van der Waals surface area (Å²) < 4.78 is 0. The van der Waals surface area contributed by atoms with Crippen molar-refractivity contribution < 1.29 is 4.79 Å². The summed E-state index contributed by atoms with van der Waals surface area (Å²) in [6.45, 7) is 8.38. The highest BCUT2D eigenvalue weighted by Crippen LogP contribution is 2.21. The summed E-state index contributed by atoms with van der Waals surface area (Å²) in [5.41, 5.74) is 4.34. The van der Waals surface area contributed by atoms with Crippen LogP contribution in [0.25, 0.3) is 0 Å². The Balaban J connectivity index is 2.05. The topological polar surface area (TPSA) is 29.1 Å². The zero-order chi connectivity index (χ0) is 16.1. The van der Waals surface area contributed by atoms with Crippen LogP contribution in [-0.2, 0) is 11.2 Å². The molecule has 1 amide bonds. The second-order valence-electron chi connectivity index (χ2n) is 6.37. The third kappa shape index (κ3) is 4.20. The number of anilines is 1. The Morgan fingerprint density at radius 1 is 1.00 bits per heavy atom. The van der Waals surface area contributed by atoms with Crippen molar-refractivity contribution in [2.24, 2.45) is 5.92 Å². The largest absolute Gasteiger partial charge is 0.325 e. The molecule has 116 valence electrons. The number of hydrogen-bond acceptors (Lipinski definition) is 1. The summed E-state index contributed by atoms with van der Waals surface area (Å²) in [7, 11) is 0. The second-order valence-corrected chi connectivity index (χ2v) is 6.37. The average Bonchev–Trinajstić information content (AvgIpc) is 2.49.